The zero-order valence-corrected chi connectivity index (χ0v) is 15.6. The van der Waals surface area contributed by atoms with Crippen LogP contribution in [-0.2, 0) is 11.5 Å². The van der Waals surface area contributed by atoms with Gasteiger partial charge in [0.1, 0.15) is 21.1 Å². The zero-order valence-electron chi connectivity index (χ0n) is 13.9. The van der Waals surface area contributed by atoms with Crippen LogP contribution in [0.15, 0.2) is 83.1 Å². The highest BCUT2D eigenvalue weighted by Gasteiger charge is 2.13. The monoisotopic (exact) mass is 376 g/mol. The van der Waals surface area contributed by atoms with Crippen molar-refractivity contribution in [3.63, 3.8) is 0 Å². The standard InChI is InChI=1S/C20H16N4S2/c1-3-7-15(8-4-1)13-25-19-17-18(22-12-11-21-17)20(24-23-19)26-14-16-9-5-2-6-10-16/h1-12H,13-14H2. The quantitative estimate of drug-likeness (QED) is 0.441. The molecule has 0 saturated carbocycles. The summed E-state index contributed by atoms with van der Waals surface area (Å²) in [5.41, 5.74) is 4.13. The first-order valence-electron chi connectivity index (χ1n) is 8.21. The second kappa shape index (κ2) is 8.29. The van der Waals surface area contributed by atoms with Crippen LogP contribution in [0.5, 0.6) is 0 Å². The highest BCUT2D eigenvalue weighted by atomic mass is 32.2. The molecule has 0 bridgehead atoms. The Hall–Kier alpha value is -2.44. The summed E-state index contributed by atoms with van der Waals surface area (Å²) >= 11 is 3.28. The number of hydrogen-bond acceptors (Lipinski definition) is 6. The maximum atomic E-state index is 4.51. The summed E-state index contributed by atoms with van der Waals surface area (Å²) in [4.78, 5) is 9.02. The molecule has 4 aromatic rings. The van der Waals surface area contributed by atoms with Crippen LogP contribution in [0.25, 0.3) is 11.0 Å². The van der Waals surface area contributed by atoms with Crippen molar-refractivity contribution in [3.8, 4) is 0 Å². The lowest BCUT2D eigenvalue weighted by Gasteiger charge is -2.07. The van der Waals surface area contributed by atoms with Crippen LogP contribution >= 0.6 is 23.5 Å². The number of hydrogen-bond donors (Lipinski definition) is 0. The molecule has 0 unspecified atom stereocenters. The maximum Gasteiger partial charge on any atom is 0.147 e. The van der Waals surface area contributed by atoms with Gasteiger partial charge in [0.25, 0.3) is 0 Å². The highest BCUT2D eigenvalue weighted by molar-refractivity contribution is 7.99. The normalized spacial score (nSPS) is 10.9. The van der Waals surface area contributed by atoms with Crippen LogP contribution in [0.1, 0.15) is 11.1 Å². The molecule has 0 saturated heterocycles. The number of nitrogens with zero attached hydrogens (tertiary/aromatic N) is 4. The number of rotatable bonds is 6. The van der Waals surface area contributed by atoms with Gasteiger partial charge in [0, 0.05) is 23.9 Å². The van der Waals surface area contributed by atoms with Crippen molar-refractivity contribution in [2.45, 2.75) is 21.6 Å². The van der Waals surface area contributed by atoms with Crippen LogP contribution in [0.3, 0.4) is 0 Å². The van der Waals surface area contributed by atoms with Crippen molar-refractivity contribution in [3.05, 3.63) is 84.2 Å². The van der Waals surface area contributed by atoms with E-state index in [2.05, 4.69) is 44.4 Å². The number of aromatic nitrogens is 4. The van der Waals surface area contributed by atoms with Crippen LogP contribution < -0.4 is 0 Å². The van der Waals surface area contributed by atoms with E-state index in [4.69, 9.17) is 0 Å². The Bertz CT molecular complexity index is 912. The fraction of sp³-hybridized carbons (Fsp3) is 0.100. The molecule has 0 fully saturated rings. The first-order valence-corrected chi connectivity index (χ1v) is 10.2. The van der Waals surface area contributed by atoms with E-state index in [-0.39, 0.29) is 0 Å². The molecule has 0 aliphatic heterocycles. The van der Waals surface area contributed by atoms with Gasteiger partial charge in [-0.15, -0.1) is 10.2 Å². The van der Waals surface area contributed by atoms with Gasteiger partial charge in [-0.3, -0.25) is 0 Å². The molecule has 4 rings (SSSR count). The molecule has 0 aliphatic rings. The first kappa shape index (κ1) is 17.0. The van der Waals surface area contributed by atoms with E-state index in [0.29, 0.717) is 0 Å². The Morgan fingerprint density at radius 1 is 0.577 bits per heavy atom. The Balaban J connectivity index is 1.57. The van der Waals surface area contributed by atoms with Gasteiger partial charge in [-0.1, -0.05) is 84.2 Å². The van der Waals surface area contributed by atoms with Gasteiger partial charge in [0.05, 0.1) is 0 Å². The smallest absolute Gasteiger partial charge is 0.147 e. The molecule has 2 aromatic heterocycles. The zero-order chi connectivity index (χ0) is 17.6. The van der Waals surface area contributed by atoms with Crippen LogP contribution in [0, 0.1) is 0 Å². The van der Waals surface area contributed by atoms with Crippen molar-refractivity contribution in [2.24, 2.45) is 0 Å². The SMILES string of the molecule is c1ccc(CSc2nnc(SCc3ccccc3)c3nccnc23)cc1. The predicted molar refractivity (Wildman–Crippen MR) is 107 cm³/mol. The minimum atomic E-state index is 0.819. The van der Waals surface area contributed by atoms with Crippen LogP contribution in [0.2, 0.25) is 0 Å². The third kappa shape index (κ3) is 4.03. The number of benzene rings is 2. The van der Waals surface area contributed by atoms with Crippen molar-refractivity contribution in [2.75, 3.05) is 0 Å². The molecular weight excluding hydrogens is 360 g/mol. The van der Waals surface area contributed by atoms with Crippen LogP contribution in [0.4, 0.5) is 0 Å². The Labute approximate surface area is 160 Å². The fourth-order valence-electron chi connectivity index (χ4n) is 2.48. The third-order valence-electron chi connectivity index (χ3n) is 3.77. The first-order chi connectivity index (χ1) is 12.9. The van der Waals surface area contributed by atoms with Crippen molar-refractivity contribution in [1.82, 2.24) is 20.2 Å². The summed E-state index contributed by atoms with van der Waals surface area (Å²) < 4.78 is 0. The summed E-state index contributed by atoms with van der Waals surface area (Å²) in [6, 6.07) is 20.7. The lowest BCUT2D eigenvalue weighted by molar-refractivity contribution is 0.870. The van der Waals surface area contributed by atoms with E-state index in [0.717, 1.165) is 32.6 Å². The molecule has 2 heterocycles. The minimum Gasteiger partial charge on any atom is -0.250 e. The lowest BCUT2D eigenvalue weighted by Crippen LogP contribution is -1.97. The summed E-state index contributed by atoms with van der Waals surface area (Å²) in [7, 11) is 0. The average Bonchev–Trinajstić information content (AvgIpc) is 2.72. The second-order valence-corrected chi connectivity index (χ2v) is 7.54. The third-order valence-corrected chi connectivity index (χ3v) is 5.82. The van der Waals surface area contributed by atoms with Gasteiger partial charge in [0.2, 0.25) is 0 Å². The van der Waals surface area contributed by atoms with Gasteiger partial charge in [-0.2, -0.15) is 0 Å². The number of fused-ring (bicyclic) bond motifs is 1. The van der Waals surface area contributed by atoms with Gasteiger partial charge in [0.15, 0.2) is 0 Å². The topological polar surface area (TPSA) is 51.6 Å². The predicted octanol–water partition coefficient (Wildman–Crippen LogP) is 5.00. The minimum absolute atomic E-state index is 0.819. The molecular formula is C20H16N4S2. The molecule has 6 heteroatoms. The van der Waals surface area contributed by atoms with Crippen LogP contribution in [-0.4, -0.2) is 20.2 Å². The van der Waals surface area contributed by atoms with E-state index >= 15 is 0 Å². The lowest BCUT2D eigenvalue weighted by atomic mass is 10.2. The number of thioether (sulfide) groups is 2. The van der Waals surface area contributed by atoms with Gasteiger partial charge >= 0.3 is 0 Å². The van der Waals surface area contributed by atoms with E-state index in [9.17, 15) is 0 Å². The Kier molecular flexibility index (Phi) is 5.42. The maximum absolute atomic E-state index is 4.51. The van der Waals surface area contributed by atoms with E-state index in [1.54, 1.807) is 35.9 Å². The summed E-state index contributed by atoms with van der Waals surface area (Å²) in [5.74, 6) is 1.66. The molecule has 0 amide bonds. The van der Waals surface area contributed by atoms with Gasteiger partial charge < -0.3 is 0 Å². The molecule has 0 aliphatic carbocycles. The van der Waals surface area contributed by atoms with E-state index < -0.39 is 0 Å². The van der Waals surface area contributed by atoms with Gasteiger partial charge in [-0.25, -0.2) is 9.97 Å². The Morgan fingerprint density at radius 3 is 1.42 bits per heavy atom. The Morgan fingerprint density at radius 2 is 1.00 bits per heavy atom. The molecule has 2 aromatic carbocycles. The van der Waals surface area contributed by atoms with Crippen molar-refractivity contribution < 1.29 is 0 Å². The second-order valence-electron chi connectivity index (χ2n) is 5.61. The van der Waals surface area contributed by atoms with Crippen molar-refractivity contribution in [1.29, 1.82) is 0 Å². The summed E-state index contributed by atoms with van der Waals surface area (Å²) in [5, 5.41) is 10.5. The molecule has 0 atom stereocenters. The van der Waals surface area contributed by atoms with E-state index in [1.165, 1.54) is 11.1 Å². The fourth-order valence-corrected chi connectivity index (χ4v) is 4.24. The van der Waals surface area contributed by atoms with Crippen molar-refractivity contribution >= 4 is 34.6 Å². The summed E-state index contributed by atoms with van der Waals surface area (Å²) in [6.45, 7) is 0. The highest BCUT2D eigenvalue weighted by Crippen LogP contribution is 2.31. The largest absolute Gasteiger partial charge is 0.250 e. The molecule has 26 heavy (non-hydrogen) atoms. The molecule has 4 nitrogen and oxygen atoms in total. The summed E-state index contributed by atoms with van der Waals surface area (Å²) in [6.07, 6.45) is 3.42. The average molecular weight is 377 g/mol. The molecule has 128 valence electrons. The van der Waals surface area contributed by atoms with E-state index in [1.807, 2.05) is 36.4 Å². The molecule has 0 spiro atoms. The van der Waals surface area contributed by atoms with Gasteiger partial charge in [-0.05, 0) is 11.1 Å². The molecule has 0 radical (unpaired) electrons. The molecule has 0 N–H and O–H groups in total.